The molecule has 0 amide bonds. The summed E-state index contributed by atoms with van der Waals surface area (Å²) in [6.07, 6.45) is 1.69. The van der Waals surface area contributed by atoms with E-state index in [0.717, 1.165) is 0 Å². The predicted octanol–water partition coefficient (Wildman–Crippen LogP) is 3.77. The fourth-order valence-electron chi connectivity index (χ4n) is 1.58. The number of hydrogen-bond acceptors (Lipinski definition) is 4. The van der Waals surface area contributed by atoms with Gasteiger partial charge in [-0.25, -0.2) is 0 Å². The molecular weight excluding hydrogens is 274 g/mol. The Labute approximate surface area is 119 Å². The molecule has 6 heteroatoms. The van der Waals surface area contributed by atoms with Gasteiger partial charge in [-0.05, 0) is 25.7 Å². The molecule has 0 bridgehead atoms. The van der Waals surface area contributed by atoms with Crippen molar-refractivity contribution in [2.75, 3.05) is 0 Å². The van der Waals surface area contributed by atoms with E-state index in [0.29, 0.717) is 17.7 Å². The van der Waals surface area contributed by atoms with Crippen LogP contribution in [0.25, 0.3) is 5.76 Å². The van der Waals surface area contributed by atoms with Crippen LogP contribution in [0.2, 0.25) is 19.6 Å². The van der Waals surface area contributed by atoms with Crippen molar-refractivity contribution < 1.29 is 14.1 Å². The highest BCUT2D eigenvalue weighted by molar-refractivity contribution is 6.70. The van der Waals surface area contributed by atoms with Crippen molar-refractivity contribution in [1.29, 1.82) is 0 Å². The third-order valence-electron chi connectivity index (χ3n) is 2.42. The lowest BCUT2D eigenvalue weighted by Gasteiger charge is -2.21. The van der Waals surface area contributed by atoms with Gasteiger partial charge in [0.25, 0.3) is 5.69 Å². The molecule has 108 valence electrons. The number of carbonyl (C=O) groups is 1. The van der Waals surface area contributed by atoms with Gasteiger partial charge in [0.1, 0.15) is 5.76 Å². The third kappa shape index (κ3) is 4.62. The maximum atomic E-state index is 11.7. The van der Waals surface area contributed by atoms with E-state index in [4.69, 9.17) is 4.43 Å². The molecule has 0 radical (unpaired) electrons. The molecule has 1 aromatic carbocycles. The minimum atomic E-state index is -1.98. The Balaban J connectivity index is 3.34. The lowest BCUT2D eigenvalue weighted by atomic mass is 10.1. The fraction of sp³-hybridized carbons (Fsp3) is 0.357. The largest absolute Gasteiger partial charge is 0.544 e. The van der Waals surface area contributed by atoms with Crippen LogP contribution < -0.4 is 0 Å². The molecular formula is C14H19NO4Si. The number of para-hydroxylation sites is 1. The number of hydrogen-bond donors (Lipinski definition) is 0. The van der Waals surface area contributed by atoms with Gasteiger partial charge in [0.2, 0.25) is 8.32 Å². The summed E-state index contributed by atoms with van der Waals surface area (Å²) in [5.74, 6) is 0.180. The summed E-state index contributed by atoms with van der Waals surface area (Å²) in [5.41, 5.74) is 0.294. The van der Waals surface area contributed by atoms with Crippen LogP contribution in [-0.2, 0) is 9.22 Å². The van der Waals surface area contributed by atoms with Gasteiger partial charge in [-0.15, -0.1) is 0 Å². The number of carbonyl (C=O) groups excluding carboxylic acids is 1. The quantitative estimate of drug-likeness (QED) is 0.263. The topological polar surface area (TPSA) is 69.4 Å². The normalized spacial score (nSPS) is 12.1. The molecule has 0 fully saturated rings. The van der Waals surface area contributed by atoms with Gasteiger partial charge in [-0.2, -0.15) is 0 Å². The minimum Gasteiger partial charge on any atom is -0.544 e. The summed E-state index contributed by atoms with van der Waals surface area (Å²) < 4.78 is 5.86. The van der Waals surface area contributed by atoms with Crippen LogP contribution in [0.15, 0.2) is 30.3 Å². The van der Waals surface area contributed by atoms with E-state index in [1.54, 1.807) is 25.1 Å². The fourth-order valence-corrected chi connectivity index (χ4v) is 2.41. The van der Waals surface area contributed by atoms with E-state index < -0.39 is 13.2 Å². The average Bonchev–Trinajstić information content (AvgIpc) is 2.36. The summed E-state index contributed by atoms with van der Waals surface area (Å²) >= 11 is 0. The number of ketones is 1. The molecule has 0 aromatic heterocycles. The minimum absolute atomic E-state index is 0.0547. The van der Waals surface area contributed by atoms with Crippen LogP contribution in [0, 0.1) is 10.1 Å². The lowest BCUT2D eigenvalue weighted by Crippen LogP contribution is -2.25. The summed E-state index contributed by atoms with van der Waals surface area (Å²) in [6.45, 7) is 7.63. The maximum absolute atomic E-state index is 11.7. The van der Waals surface area contributed by atoms with Crippen LogP contribution in [0.3, 0.4) is 0 Å². The standard InChI is InChI=1S/C14H19NO4Si/c1-5-11(16)10-14(19-20(2,3)4)12-8-6-7-9-13(12)15(17)18/h6-10H,5H2,1-4H3/b14-10+. The van der Waals surface area contributed by atoms with Crippen LogP contribution in [0.4, 0.5) is 5.69 Å². The second-order valence-corrected chi connectivity index (χ2v) is 9.75. The Kier molecular flexibility index (Phi) is 5.21. The second-order valence-electron chi connectivity index (χ2n) is 5.32. The molecule has 0 heterocycles. The van der Waals surface area contributed by atoms with Crippen molar-refractivity contribution in [3.8, 4) is 0 Å². The lowest BCUT2D eigenvalue weighted by molar-refractivity contribution is -0.385. The van der Waals surface area contributed by atoms with Gasteiger partial charge in [-0.3, -0.25) is 14.9 Å². The van der Waals surface area contributed by atoms with Gasteiger partial charge < -0.3 is 4.43 Å². The Morgan fingerprint density at radius 3 is 2.45 bits per heavy atom. The number of nitrogens with zero attached hydrogens (tertiary/aromatic N) is 1. The van der Waals surface area contributed by atoms with Crippen molar-refractivity contribution in [1.82, 2.24) is 0 Å². The van der Waals surface area contributed by atoms with E-state index in [1.165, 1.54) is 12.1 Å². The van der Waals surface area contributed by atoms with E-state index >= 15 is 0 Å². The first-order valence-corrected chi connectivity index (χ1v) is 9.82. The monoisotopic (exact) mass is 293 g/mol. The van der Waals surface area contributed by atoms with Crippen LogP contribution in [-0.4, -0.2) is 19.0 Å². The highest BCUT2D eigenvalue weighted by Gasteiger charge is 2.24. The van der Waals surface area contributed by atoms with E-state index in [-0.39, 0.29) is 11.5 Å². The molecule has 20 heavy (non-hydrogen) atoms. The van der Waals surface area contributed by atoms with E-state index in [1.807, 2.05) is 19.6 Å². The molecule has 0 N–H and O–H groups in total. The summed E-state index contributed by atoms with van der Waals surface area (Å²) in [4.78, 5) is 22.3. The summed E-state index contributed by atoms with van der Waals surface area (Å²) in [6, 6.07) is 6.30. The SMILES string of the molecule is CCC(=O)/C=C(/O[Si](C)(C)C)c1ccccc1[N+](=O)[O-]. The second kappa shape index (κ2) is 6.47. The van der Waals surface area contributed by atoms with Crippen LogP contribution in [0.5, 0.6) is 0 Å². The number of allylic oxidation sites excluding steroid dienone is 1. The molecule has 0 atom stereocenters. The Bertz CT molecular complexity index is 546. The molecule has 0 saturated carbocycles. The zero-order chi connectivity index (χ0) is 15.3. The molecule has 0 aliphatic heterocycles. The van der Waals surface area contributed by atoms with Crippen molar-refractivity contribution in [3.05, 3.63) is 46.0 Å². The molecule has 0 unspecified atom stereocenters. The molecule has 1 aromatic rings. The van der Waals surface area contributed by atoms with Crippen molar-refractivity contribution in [2.24, 2.45) is 0 Å². The number of rotatable bonds is 6. The molecule has 0 aliphatic carbocycles. The van der Waals surface area contributed by atoms with Crippen LogP contribution >= 0.6 is 0 Å². The maximum Gasteiger partial charge on any atom is 0.280 e. The molecule has 5 nitrogen and oxygen atoms in total. The summed E-state index contributed by atoms with van der Waals surface area (Å²) in [7, 11) is -1.98. The van der Waals surface area contributed by atoms with Crippen LogP contribution in [0.1, 0.15) is 18.9 Å². The van der Waals surface area contributed by atoms with Crippen molar-refractivity contribution >= 4 is 25.5 Å². The van der Waals surface area contributed by atoms with Gasteiger partial charge >= 0.3 is 0 Å². The molecule has 0 saturated heterocycles. The zero-order valence-corrected chi connectivity index (χ0v) is 13.2. The van der Waals surface area contributed by atoms with E-state index in [9.17, 15) is 14.9 Å². The molecule has 0 aliphatic rings. The smallest absolute Gasteiger partial charge is 0.280 e. The number of nitro benzene ring substituents is 1. The van der Waals surface area contributed by atoms with Gasteiger partial charge in [-0.1, -0.05) is 19.1 Å². The first kappa shape index (κ1) is 16.1. The van der Waals surface area contributed by atoms with Gasteiger partial charge in [0.15, 0.2) is 5.78 Å². The average molecular weight is 293 g/mol. The summed E-state index contributed by atoms with van der Waals surface area (Å²) in [5, 5.41) is 11.1. The first-order valence-electron chi connectivity index (χ1n) is 6.42. The number of nitro groups is 1. The highest BCUT2D eigenvalue weighted by atomic mass is 28.4. The third-order valence-corrected chi connectivity index (χ3v) is 3.26. The van der Waals surface area contributed by atoms with Crippen molar-refractivity contribution in [3.63, 3.8) is 0 Å². The molecule has 1 rings (SSSR count). The Morgan fingerprint density at radius 2 is 1.95 bits per heavy atom. The van der Waals surface area contributed by atoms with Gasteiger partial charge in [0.05, 0.1) is 10.5 Å². The van der Waals surface area contributed by atoms with E-state index in [2.05, 4.69) is 0 Å². The zero-order valence-electron chi connectivity index (χ0n) is 12.2. The number of benzene rings is 1. The highest BCUT2D eigenvalue weighted by Crippen LogP contribution is 2.29. The Hall–Kier alpha value is -1.95. The Morgan fingerprint density at radius 1 is 1.35 bits per heavy atom. The van der Waals surface area contributed by atoms with Crippen molar-refractivity contribution in [2.45, 2.75) is 33.0 Å². The molecule has 0 spiro atoms. The first-order chi connectivity index (χ1) is 9.24. The van der Waals surface area contributed by atoms with Gasteiger partial charge in [0, 0.05) is 18.6 Å². The predicted molar refractivity (Wildman–Crippen MR) is 80.8 cm³/mol.